The van der Waals surface area contributed by atoms with Gasteiger partial charge in [0.1, 0.15) is 5.75 Å². The molecule has 2 aromatic rings. The van der Waals surface area contributed by atoms with Crippen LogP contribution in [0.1, 0.15) is 0 Å². The first-order chi connectivity index (χ1) is 10.0. The second kappa shape index (κ2) is 6.45. The quantitative estimate of drug-likeness (QED) is 0.878. The molecule has 0 radical (unpaired) electrons. The van der Waals surface area contributed by atoms with Crippen LogP contribution in [0.5, 0.6) is 5.75 Å². The summed E-state index contributed by atoms with van der Waals surface area (Å²) in [6.07, 6.45) is 0. The van der Waals surface area contributed by atoms with Crippen molar-refractivity contribution < 1.29 is 4.74 Å². The van der Waals surface area contributed by atoms with E-state index < -0.39 is 0 Å². The third-order valence-corrected chi connectivity index (χ3v) is 2.95. The Morgan fingerprint density at radius 3 is 2.43 bits per heavy atom. The van der Waals surface area contributed by atoms with Gasteiger partial charge in [0, 0.05) is 26.8 Å². The van der Waals surface area contributed by atoms with Gasteiger partial charge in [-0.3, -0.25) is 0 Å². The van der Waals surface area contributed by atoms with E-state index in [9.17, 15) is 0 Å². The number of hydrogen-bond acceptors (Lipinski definition) is 7. The predicted molar refractivity (Wildman–Crippen MR) is 85.0 cm³/mol. The molecule has 2 N–H and O–H groups in total. The Labute approximate surface area is 128 Å². The van der Waals surface area contributed by atoms with Crippen LogP contribution in [0.4, 0.5) is 23.5 Å². The average Bonchev–Trinajstić information content (AvgIpc) is 2.47. The Morgan fingerprint density at radius 1 is 1.14 bits per heavy atom. The maximum Gasteiger partial charge on any atom is 0.233 e. The molecule has 0 aliphatic carbocycles. The molecule has 2 rings (SSSR count). The fourth-order valence-corrected chi connectivity index (χ4v) is 1.86. The van der Waals surface area contributed by atoms with E-state index in [0.29, 0.717) is 28.6 Å². The zero-order valence-electron chi connectivity index (χ0n) is 12.3. The highest BCUT2D eigenvalue weighted by molar-refractivity contribution is 6.32. The van der Waals surface area contributed by atoms with Crippen molar-refractivity contribution in [2.24, 2.45) is 0 Å². The Kier molecular flexibility index (Phi) is 4.64. The van der Waals surface area contributed by atoms with Crippen molar-refractivity contribution in [3.8, 4) is 5.75 Å². The molecule has 0 fully saturated rings. The van der Waals surface area contributed by atoms with E-state index in [4.69, 9.17) is 16.3 Å². The van der Waals surface area contributed by atoms with E-state index in [2.05, 4.69) is 25.6 Å². The number of aromatic nitrogens is 3. The number of rotatable bonds is 5. The molecule has 0 unspecified atom stereocenters. The largest absolute Gasteiger partial charge is 0.495 e. The molecular weight excluding hydrogens is 292 g/mol. The molecule has 0 saturated carbocycles. The van der Waals surface area contributed by atoms with Crippen LogP contribution in [0.25, 0.3) is 0 Å². The van der Waals surface area contributed by atoms with Gasteiger partial charge in [-0.2, -0.15) is 15.0 Å². The maximum absolute atomic E-state index is 6.10. The lowest BCUT2D eigenvalue weighted by molar-refractivity contribution is 0.415. The molecule has 0 atom stereocenters. The molecule has 8 heteroatoms. The normalized spacial score (nSPS) is 10.1. The van der Waals surface area contributed by atoms with Crippen molar-refractivity contribution in [1.82, 2.24) is 15.0 Å². The molecule has 7 nitrogen and oxygen atoms in total. The Morgan fingerprint density at radius 2 is 1.86 bits per heavy atom. The van der Waals surface area contributed by atoms with Gasteiger partial charge in [0.2, 0.25) is 17.8 Å². The number of methoxy groups -OCH3 is 1. The number of benzene rings is 1. The van der Waals surface area contributed by atoms with Gasteiger partial charge in [-0.1, -0.05) is 11.6 Å². The summed E-state index contributed by atoms with van der Waals surface area (Å²) in [7, 11) is 7.05. The molecule has 0 aliphatic heterocycles. The minimum Gasteiger partial charge on any atom is -0.495 e. The first kappa shape index (κ1) is 15.1. The summed E-state index contributed by atoms with van der Waals surface area (Å²) in [4.78, 5) is 14.6. The molecule has 1 heterocycles. The van der Waals surface area contributed by atoms with E-state index in [-0.39, 0.29) is 0 Å². The number of nitrogens with one attached hydrogen (secondary N) is 2. The fraction of sp³-hybridized carbons (Fsp3) is 0.308. The molecular formula is C13H17ClN6O. The van der Waals surface area contributed by atoms with E-state index in [0.717, 1.165) is 5.69 Å². The van der Waals surface area contributed by atoms with Crippen LogP contribution in [0.15, 0.2) is 18.2 Å². The second-order valence-electron chi connectivity index (χ2n) is 4.40. The Bertz CT molecular complexity index is 634. The van der Waals surface area contributed by atoms with E-state index >= 15 is 0 Å². The molecule has 0 amide bonds. The zero-order chi connectivity index (χ0) is 15.4. The summed E-state index contributed by atoms with van der Waals surface area (Å²) in [6, 6.07) is 5.36. The Hall–Kier alpha value is -2.28. The average molecular weight is 309 g/mol. The third-order valence-electron chi connectivity index (χ3n) is 2.66. The lowest BCUT2D eigenvalue weighted by Crippen LogP contribution is -2.15. The lowest BCUT2D eigenvalue weighted by atomic mass is 10.3. The lowest BCUT2D eigenvalue weighted by Gasteiger charge is -2.13. The number of hydrogen-bond donors (Lipinski definition) is 2. The molecule has 0 bridgehead atoms. The predicted octanol–water partition coefficient (Wildman–Crippen LogP) is 2.38. The highest BCUT2D eigenvalue weighted by Gasteiger charge is 2.08. The molecule has 21 heavy (non-hydrogen) atoms. The van der Waals surface area contributed by atoms with Gasteiger partial charge in [-0.25, -0.2) is 0 Å². The zero-order valence-corrected chi connectivity index (χ0v) is 13.1. The van der Waals surface area contributed by atoms with E-state index in [1.165, 1.54) is 0 Å². The van der Waals surface area contributed by atoms with Crippen LogP contribution < -0.4 is 20.3 Å². The minimum absolute atomic E-state index is 0.430. The smallest absolute Gasteiger partial charge is 0.233 e. The van der Waals surface area contributed by atoms with Crippen molar-refractivity contribution in [3.63, 3.8) is 0 Å². The van der Waals surface area contributed by atoms with E-state index in [1.54, 1.807) is 31.2 Å². The van der Waals surface area contributed by atoms with Crippen molar-refractivity contribution in [2.45, 2.75) is 0 Å². The molecule has 0 saturated heterocycles. The van der Waals surface area contributed by atoms with Gasteiger partial charge in [-0.05, 0) is 18.2 Å². The van der Waals surface area contributed by atoms with Crippen molar-refractivity contribution in [2.75, 3.05) is 43.8 Å². The van der Waals surface area contributed by atoms with Crippen molar-refractivity contribution >= 4 is 35.1 Å². The summed E-state index contributed by atoms with van der Waals surface area (Å²) in [5, 5.41) is 6.51. The summed E-state index contributed by atoms with van der Waals surface area (Å²) < 4.78 is 5.12. The summed E-state index contributed by atoms with van der Waals surface area (Å²) >= 11 is 6.10. The van der Waals surface area contributed by atoms with Crippen LogP contribution in [-0.4, -0.2) is 43.2 Å². The van der Waals surface area contributed by atoms with Gasteiger partial charge >= 0.3 is 0 Å². The summed E-state index contributed by atoms with van der Waals surface area (Å²) in [6.45, 7) is 0. The van der Waals surface area contributed by atoms with Crippen LogP contribution in [0.2, 0.25) is 5.02 Å². The van der Waals surface area contributed by atoms with Crippen LogP contribution in [0.3, 0.4) is 0 Å². The summed E-state index contributed by atoms with van der Waals surface area (Å²) in [5.41, 5.74) is 0.763. The molecule has 112 valence electrons. The fourth-order valence-electron chi connectivity index (χ4n) is 1.61. The van der Waals surface area contributed by atoms with Gasteiger partial charge in [0.15, 0.2) is 0 Å². The molecule has 1 aromatic heterocycles. The second-order valence-corrected chi connectivity index (χ2v) is 4.81. The first-order valence-corrected chi connectivity index (χ1v) is 6.63. The minimum atomic E-state index is 0.430. The van der Waals surface area contributed by atoms with E-state index in [1.807, 2.05) is 20.2 Å². The number of nitrogens with zero attached hydrogens (tertiary/aromatic N) is 4. The standard InChI is InChI=1S/C13H17ClN6O/c1-15-11-17-12(19-13(18-11)20(2)3)16-8-5-6-10(21-4)9(14)7-8/h5-7H,1-4H3,(H2,15,16,17,18,19). The molecule has 0 aliphatic rings. The van der Waals surface area contributed by atoms with Crippen LogP contribution in [-0.2, 0) is 0 Å². The first-order valence-electron chi connectivity index (χ1n) is 6.25. The van der Waals surface area contributed by atoms with Gasteiger partial charge in [0.05, 0.1) is 12.1 Å². The summed E-state index contributed by atoms with van der Waals surface area (Å²) in [5.74, 6) is 2.08. The molecule has 0 spiro atoms. The van der Waals surface area contributed by atoms with Crippen LogP contribution >= 0.6 is 11.6 Å². The van der Waals surface area contributed by atoms with Gasteiger partial charge in [-0.15, -0.1) is 0 Å². The topological polar surface area (TPSA) is 75.2 Å². The van der Waals surface area contributed by atoms with Gasteiger partial charge < -0.3 is 20.3 Å². The highest BCUT2D eigenvalue weighted by Crippen LogP contribution is 2.28. The number of anilines is 4. The molecule has 1 aromatic carbocycles. The SMILES string of the molecule is CNc1nc(Nc2ccc(OC)c(Cl)c2)nc(N(C)C)n1. The van der Waals surface area contributed by atoms with Crippen molar-refractivity contribution in [1.29, 1.82) is 0 Å². The number of ether oxygens (including phenoxy) is 1. The van der Waals surface area contributed by atoms with Gasteiger partial charge in [0.25, 0.3) is 0 Å². The third kappa shape index (κ3) is 3.63. The maximum atomic E-state index is 6.10. The van der Waals surface area contributed by atoms with Crippen LogP contribution in [0, 0.1) is 0 Å². The Balaban J connectivity index is 2.30. The number of halogens is 1. The monoisotopic (exact) mass is 308 g/mol. The highest BCUT2D eigenvalue weighted by atomic mass is 35.5. The van der Waals surface area contributed by atoms with Crippen molar-refractivity contribution in [3.05, 3.63) is 23.2 Å².